The van der Waals surface area contributed by atoms with Gasteiger partial charge in [-0.2, -0.15) is 5.10 Å². The maximum Gasteiger partial charge on any atom is 0.222 e. The Hall–Kier alpha value is -3.55. The molecule has 2 aliphatic heterocycles. The van der Waals surface area contributed by atoms with E-state index in [9.17, 15) is 9.90 Å². The Balaban J connectivity index is 1.94. The fraction of sp³-hybridized carbons (Fsp3) is 0.286. The molecule has 150 valence electrons. The first kappa shape index (κ1) is 18.8. The van der Waals surface area contributed by atoms with Gasteiger partial charge < -0.3 is 20.1 Å². The SMILES string of the molecule is CNC(=O)C[C@@H]1N=C(c2ccc(O)cc2)c2cc(OC)ccc2N2C1=NNC2C. The number of carbonyl (C=O) groups is 1. The van der Waals surface area contributed by atoms with Gasteiger partial charge in [-0.15, -0.1) is 0 Å². The topological polar surface area (TPSA) is 98.5 Å². The van der Waals surface area contributed by atoms with Crippen molar-refractivity contribution in [1.29, 1.82) is 0 Å². The molecule has 2 atom stereocenters. The molecule has 8 heteroatoms. The Labute approximate surface area is 168 Å². The second-order valence-electron chi connectivity index (χ2n) is 6.95. The number of ether oxygens (including phenoxy) is 1. The molecule has 8 nitrogen and oxygen atoms in total. The second-order valence-corrected chi connectivity index (χ2v) is 6.95. The number of phenolic OH excluding ortho intramolecular Hbond substituents is 1. The molecule has 3 N–H and O–H groups in total. The lowest BCUT2D eigenvalue weighted by atomic mass is 9.99. The van der Waals surface area contributed by atoms with Crippen molar-refractivity contribution in [2.45, 2.75) is 25.6 Å². The summed E-state index contributed by atoms with van der Waals surface area (Å²) in [7, 11) is 3.23. The zero-order valence-corrected chi connectivity index (χ0v) is 16.5. The van der Waals surface area contributed by atoms with E-state index < -0.39 is 6.04 Å². The maximum absolute atomic E-state index is 12.2. The Bertz CT molecular complexity index is 1000. The highest BCUT2D eigenvalue weighted by Crippen LogP contribution is 2.35. The second kappa shape index (κ2) is 7.46. The molecule has 0 aromatic heterocycles. The maximum atomic E-state index is 12.2. The molecular formula is C21H23N5O3. The van der Waals surface area contributed by atoms with Crippen LogP contribution in [0.1, 0.15) is 24.5 Å². The first-order valence-electron chi connectivity index (χ1n) is 9.40. The zero-order valence-electron chi connectivity index (χ0n) is 16.5. The van der Waals surface area contributed by atoms with Crippen LogP contribution in [0.3, 0.4) is 0 Å². The Morgan fingerprint density at radius 3 is 2.72 bits per heavy atom. The van der Waals surface area contributed by atoms with Gasteiger partial charge in [-0.25, -0.2) is 0 Å². The summed E-state index contributed by atoms with van der Waals surface area (Å²) in [6, 6.07) is 12.2. The summed E-state index contributed by atoms with van der Waals surface area (Å²) < 4.78 is 5.45. The molecule has 0 saturated heterocycles. The minimum Gasteiger partial charge on any atom is -0.508 e. The third-order valence-corrected chi connectivity index (χ3v) is 5.10. The number of carbonyl (C=O) groups excluding carboxylic acids is 1. The predicted molar refractivity (Wildman–Crippen MR) is 112 cm³/mol. The molecular weight excluding hydrogens is 370 g/mol. The third kappa shape index (κ3) is 3.37. The number of hydrazone groups is 1. The number of benzene rings is 2. The third-order valence-electron chi connectivity index (χ3n) is 5.10. The molecule has 0 bridgehead atoms. The van der Waals surface area contributed by atoms with Gasteiger partial charge >= 0.3 is 0 Å². The minimum atomic E-state index is -0.463. The van der Waals surface area contributed by atoms with Crippen LogP contribution in [0.5, 0.6) is 11.5 Å². The molecule has 0 radical (unpaired) electrons. The lowest BCUT2D eigenvalue weighted by Crippen LogP contribution is -2.43. The van der Waals surface area contributed by atoms with E-state index in [4.69, 9.17) is 9.73 Å². The standard InChI is InChI=1S/C21H23N5O3/c1-12-24-25-21-17(11-19(28)22-2)23-20(13-4-6-14(27)7-5-13)16-10-15(29-3)8-9-18(16)26(12)21/h4-10,12,17,24,27H,11H2,1-3H3,(H,22,28)/t12?,17-/m0/s1. The van der Waals surface area contributed by atoms with E-state index in [2.05, 4.69) is 20.7 Å². The molecule has 2 aromatic rings. The van der Waals surface area contributed by atoms with Gasteiger partial charge in [-0.05, 0) is 49.4 Å². The van der Waals surface area contributed by atoms with Crippen LogP contribution >= 0.6 is 0 Å². The van der Waals surface area contributed by atoms with Crippen LogP contribution < -0.4 is 20.4 Å². The molecule has 4 rings (SSSR count). The molecule has 2 heterocycles. The van der Waals surface area contributed by atoms with Crippen molar-refractivity contribution in [2.24, 2.45) is 10.1 Å². The Morgan fingerprint density at radius 2 is 2.03 bits per heavy atom. The van der Waals surface area contributed by atoms with Crippen LogP contribution in [0.2, 0.25) is 0 Å². The van der Waals surface area contributed by atoms with Gasteiger partial charge in [0.05, 0.1) is 24.9 Å². The highest BCUT2D eigenvalue weighted by molar-refractivity contribution is 6.21. The van der Waals surface area contributed by atoms with Crippen LogP contribution in [0.15, 0.2) is 52.6 Å². The van der Waals surface area contributed by atoms with Crippen molar-refractivity contribution in [3.05, 3.63) is 53.6 Å². The lowest BCUT2D eigenvalue weighted by molar-refractivity contribution is -0.120. The summed E-state index contributed by atoms with van der Waals surface area (Å²) in [6.07, 6.45) is 0.0890. The van der Waals surface area contributed by atoms with Crippen LogP contribution in [0, 0.1) is 0 Å². The lowest BCUT2D eigenvalue weighted by Gasteiger charge is -2.26. The molecule has 2 aromatic carbocycles. The number of aromatic hydroxyl groups is 1. The number of fused-ring (bicyclic) bond motifs is 3. The zero-order chi connectivity index (χ0) is 20.5. The number of aliphatic imine (C=N–C) groups is 1. The first-order chi connectivity index (χ1) is 14.0. The average Bonchev–Trinajstić information content (AvgIpc) is 3.06. The van der Waals surface area contributed by atoms with Gasteiger partial charge in [0.2, 0.25) is 5.91 Å². The summed E-state index contributed by atoms with van der Waals surface area (Å²) in [5, 5.41) is 16.9. The first-order valence-corrected chi connectivity index (χ1v) is 9.40. The largest absolute Gasteiger partial charge is 0.508 e. The van der Waals surface area contributed by atoms with Crippen molar-refractivity contribution in [2.75, 3.05) is 19.1 Å². The van der Waals surface area contributed by atoms with E-state index in [1.807, 2.05) is 37.3 Å². The number of methoxy groups -OCH3 is 1. The quantitative estimate of drug-likeness (QED) is 0.736. The number of rotatable bonds is 4. The monoisotopic (exact) mass is 393 g/mol. The van der Waals surface area contributed by atoms with Crippen LogP contribution in [0.25, 0.3) is 0 Å². The number of nitrogens with one attached hydrogen (secondary N) is 2. The highest BCUT2D eigenvalue weighted by atomic mass is 16.5. The molecule has 1 unspecified atom stereocenters. The normalized spacial score (nSPS) is 19.9. The molecule has 0 saturated carbocycles. The number of nitrogens with zero attached hydrogens (tertiary/aromatic N) is 3. The van der Waals surface area contributed by atoms with E-state index in [1.54, 1.807) is 26.3 Å². The minimum absolute atomic E-state index is 0.0845. The Kier molecular flexibility index (Phi) is 4.84. The summed E-state index contributed by atoms with van der Waals surface area (Å²) in [5.41, 5.74) is 6.44. The van der Waals surface area contributed by atoms with Crippen molar-refractivity contribution >= 4 is 23.1 Å². The van der Waals surface area contributed by atoms with Gasteiger partial charge in [-0.1, -0.05) is 0 Å². The number of hydrogen-bond donors (Lipinski definition) is 3. The molecule has 0 aliphatic carbocycles. The van der Waals surface area contributed by atoms with Crippen LogP contribution in [-0.2, 0) is 4.79 Å². The fourth-order valence-electron chi connectivity index (χ4n) is 3.63. The molecule has 2 aliphatic rings. The predicted octanol–water partition coefficient (Wildman–Crippen LogP) is 1.83. The number of phenols is 1. The number of hydrogen-bond acceptors (Lipinski definition) is 7. The van der Waals surface area contributed by atoms with Crippen molar-refractivity contribution in [1.82, 2.24) is 10.7 Å². The number of amides is 1. The van der Waals surface area contributed by atoms with Gasteiger partial charge in [0.1, 0.15) is 23.7 Å². The van der Waals surface area contributed by atoms with Crippen molar-refractivity contribution in [3.8, 4) is 11.5 Å². The van der Waals surface area contributed by atoms with Crippen LogP contribution in [-0.4, -0.2) is 48.9 Å². The van der Waals surface area contributed by atoms with E-state index in [0.29, 0.717) is 11.6 Å². The molecule has 29 heavy (non-hydrogen) atoms. The summed E-state index contributed by atoms with van der Waals surface area (Å²) in [4.78, 5) is 19.2. The summed E-state index contributed by atoms with van der Waals surface area (Å²) in [6.45, 7) is 2.01. The molecule has 0 spiro atoms. The van der Waals surface area contributed by atoms with Crippen molar-refractivity contribution < 1.29 is 14.6 Å². The van der Waals surface area contributed by atoms with Gasteiger partial charge in [0.25, 0.3) is 0 Å². The number of anilines is 1. The summed E-state index contributed by atoms with van der Waals surface area (Å²) >= 11 is 0. The number of amidine groups is 1. The van der Waals surface area contributed by atoms with Gasteiger partial charge in [-0.3, -0.25) is 15.2 Å². The Morgan fingerprint density at radius 1 is 1.28 bits per heavy atom. The van der Waals surface area contributed by atoms with E-state index >= 15 is 0 Å². The fourth-order valence-corrected chi connectivity index (χ4v) is 3.63. The average molecular weight is 393 g/mol. The van der Waals surface area contributed by atoms with Crippen molar-refractivity contribution in [3.63, 3.8) is 0 Å². The van der Waals surface area contributed by atoms with Crippen LogP contribution in [0.4, 0.5) is 5.69 Å². The van der Waals surface area contributed by atoms with Gasteiger partial charge in [0, 0.05) is 18.2 Å². The molecule has 0 fully saturated rings. The molecule has 1 amide bonds. The van der Waals surface area contributed by atoms with E-state index in [1.165, 1.54) is 0 Å². The highest BCUT2D eigenvalue weighted by Gasteiger charge is 2.37. The van der Waals surface area contributed by atoms with E-state index in [0.717, 1.165) is 22.5 Å². The van der Waals surface area contributed by atoms with Gasteiger partial charge in [0.15, 0.2) is 5.84 Å². The van der Waals surface area contributed by atoms with E-state index in [-0.39, 0.29) is 24.2 Å². The smallest absolute Gasteiger partial charge is 0.222 e. The summed E-state index contributed by atoms with van der Waals surface area (Å²) in [5.74, 6) is 1.47.